The SMILES string of the molecule is Cc1ccccc1OC[C@H](O)COC(=O)c1ccccc1O. The molecule has 2 aromatic rings. The molecule has 116 valence electrons. The van der Waals surface area contributed by atoms with Crippen molar-refractivity contribution in [3.05, 3.63) is 59.7 Å². The summed E-state index contributed by atoms with van der Waals surface area (Å²) in [6.45, 7) is 1.71. The molecule has 0 saturated carbocycles. The number of benzene rings is 2. The van der Waals surface area contributed by atoms with Crippen molar-refractivity contribution in [1.29, 1.82) is 0 Å². The number of hydrogen-bond donors (Lipinski definition) is 2. The van der Waals surface area contributed by atoms with Crippen LogP contribution < -0.4 is 4.74 Å². The molecule has 0 fully saturated rings. The molecule has 0 aliphatic heterocycles. The van der Waals surface area contributed by atoms with Gasteiger partial charge < -0.3 is 19.7 Å². The Morgan fingerprint density at radius 2 is 1.77 bits per heavy atom. The van der Waals surface area contributed by atoms with E-state index in [2.05, 4.69) is 0 Å². The number of phenolic OH excluding ortho intramolecular Hbond substituents is 1. The fraction of sp³-hybridized carbons (Fsp3) is 0.235. The molecule has 2 N–H and O–H groups in total. The first-order chi connectivity index (χ1) is 10.6. The Hall–Kier alpha value is -2.53. The lowest BCUT2D eigenvalue weighted by molar-refractivity contribution is 0.0127. The van der Waals surface area contributed by atoms with Gasteiger partial charge in [-0.1, -0.05) is 30.3 Å². The monoisotopic (exact) mass is 302 g/mol. The van der Waals surface area contributed by atoms with Gasteiger partial charge in [-0.05, 0) is 30.7 Å². The number of aliphatic hydroxyl groups excluding tert-OH is 1. The molecule has 1 atom stereocenters. The van der Waals surface area contributed by atoms with Crippen molar-refractivity contribution < 1.29 is 24.5 Å². The number of rotatable bonds is 6. The topological polar surface area (TPSA) is 76.0 Å². The van der Waals surface area contributed by atoms with Crippen LogP contribution in [0.4, 0.5) is 0 Å². The van der Waals surface area contributed by atoms with E-state index >= 15 is 0 Å². The summed E-state index contributed by atoms with van der Waals surface area (Å²) in [7, 11) is 0. The lowest BCUT2D eigenvalue weighted by atomic mass is 10.2. The number of ether oxygens (including phenoxy) is 2. The minimum absolute atomic E-state index is 0.0128. The lowest BCUT2D eigenvalue weighted by Gasteiger charge is -2.14. The van der Waals surface area contributed by atoms with E-state index < -0.39 is 12.1 Å². The molecule has 2 aromatic carbocycles. The summed E-state index contributed by atoms with van der Waals surface area (Å²) in [5, 5.41) is 19.3. The zero-order chi connectivity index (χ0) is 15.9. The average molecular weight is 302 g/mol. The molecule has 0 aromatic heterocycles. The maximum absolute atomic E-state index is 11.8. The van der Waals surface area contributed by atoms with Gasteiger partial charge in [-0.25, -0.2) is 4.79 Å². The summed E-state index contributed by atoms with van der Waals surface area (Å²) in [5.74, 6) is -0.167. The smallest absolute Gasteiger partial charge is 0.342 e. The van der Waals surface area contributed by atoms with Crippen LogP contribution in [0.2, 0.25) is 0 Å². The van der Waals surface area contributed by atoms with Crippen LogP contribution in [-0.4, -0.2) is 35.5 Å². The predicted octanol–water partition coefficient (Wildman–Crippen LogP) is 2.30. The molecular weight excluding hydrogens is 284 g/mol. The summed E-state index contributed by atoms with van der Waals surface area (Å²) in [6.07, 6.45) is -0.950. The quantitative estimate of drug-likeness (QED) is 0.801. The molecular formula is C17H18O5. The highest BCUT2D eigenvalue weighted by atomic mass is 16.5. The van der Waals surface area contributed by atoms with Gasteiger partial charge in [-0.15, -0.1) is 0 Å². The van der Waals surface area contributed by atoms with Crippen LogP contribution in [0.3, 0.4) is 0 Å². The van der Waals surface area contributed by atoms with Crippen LogP contribution in [-0.2, 0) is 4.74 Å². The van der Waals surface area contributed by atoms with Crippen LogP contribution >= 0.6 is 0 Å². The third kappa shape index (κ3) is 4.23. The van der Waals surface area contributed by atoms with Gasteiger partial charge in [0.1, 0.15) is 36.4 Å². The highest BCUT2D eigenvalue weighted by molar-refractivity contribution is 5.92. The van der Waals surface area contributed by atoms with Crippen LogP contribution in [0.15, 0.2) is 48.5 Å². The van der Waals surface area contributed by atoms with Gasteiger partial charge in [0, 0.05) is 0 Å². The Bertz CT molecular complexity index is 638. The van der Waals surface area contributed by atoms with Crippen molar-refractivity contribution in [3.63, 3.8) is 0 Å². The normalized spacial score (nSPS) is 11.7. The van der Waals surface area contributed by atoms with E-state index in [0.29, 0.717) is 5.75 Å². The highest BCUT2D eigenvalue weighted by Gasteiger charge is 2.14. The molecule has 0 spiro atoms. The second kappa shape index (κ2) is 7.47. The molecule has 5 heteroatoms. The maximum atomic E-state index is 11.8. The van der Waals surface area contributed by atoms with Crippen LogP contribution in [0.1, 0.15) is 15.9 Å². The zero-order valence-electron chi connectivity index (χ0n) is 12.2. The van der Waals surface area contributed by atoms with Crippen molar-refractivity contribution in [2.45, 2.75) is 13.0 Å². The summed E-state index contributed by atoms with van der Waals surface area (Å²) >= 11 is 0. The van der Waals surface area contributed by atoms with E-state index in [1.165, 1.54) is 12.1 Å². The Morgan fingerprint density at radius 1 is 1.09 bits per heavy atom. The zero-order valence-corrected chi connectivity index (χ0v) is 12.2. The van der Waals surface area contributed by atoms with Crippen LogP contribution in [0.5, 0.6) is 11.5 Å². The highest BCUT2D eigenvalue weighted by Crippen LogP contribution is 2.17. The number of carbonyl (C=O) groups is 1. The second-order valence-corrected chi connectivity index (χ2v) is 4.85. The summed E-state index contributed by atoms with van der Waals surface area (Å²) in [4.78, 5) is 11.8. The van der Waals surface area contributed by atoms with Crippen molar-refractivity contribution in [3.8, 4) is 11.5 Å². The van der Waals surface area contributed by atoms with Gasteiger partial charge in [0.15, 0.2) is 0 Å². The Balaban J connectivity index is 1.81. The molecule has 2 rings (SSSR count). The third-order valence-corrected chi connectivity index (χ3v) is 3.06. The molecule has 0 saturated heterocycles. The molecule has 5 nitrogen and oxygen atoms in total. The molecule has 0 amide bonds. The lowest BCUT2D eigenvalue weighted by Crippen LogP contribution is -2.25. The van der Waals surface area contributed by atoms with Crippen molar-refractivity contribution in [2.24, 2.45) is 0 Å². The minimum Gasteiger partial charge on any atom is -0.507 e. The molecule has 0 aliphatic carbocycles. The van der Waals surface area contributed by atoms with E-state index in [1.54, 1.807) is 18.2 Å². The van der Waals surface area contributed by atoms with E-state index in [9.17, 15) is 15.0 Å². The van der Waals surface area contributed by atoms with Crippen molar-refractivity contribution in [2.75, 3.05) is 13.2 Å². The minimum atomic E-state index is -0.950. The Morgan fingerprint density at radius 3 is 2.50 bits per heavy atom. The van der Waals surface area contributed by atoms with E-state index in [0.717, 1.165) is 5.56 Å². The molecule has 0 radical (unpaired) electrons. The molecule has 22 heavy (non-hydrogen) atoms. The molecule has 0 heterocycles. The Kier molecular flexibility index (Phi) is 5.38. The number of esters is 1. The standard InChI is InChI=1S/C17H18O5/c1-12-6-2-5-9-16(12)21-10-13(18)11-22-17(20)14-7-3-4-8-15(14)19/h2-9,13,18-19H,10-11H2,1H3/t13-/m0/s1. The largest absolute Gasteiger partial charge is 0.507 e. The Labute approximate surface area is 128 Å². The number of aliphatic hydroxyl groups is 1. The number of para-hydroxylation sites is 2. The fourth-order valence-electron chi connectivity index (χ4n) is 1.85. The van der Waals surface area contributed by atoms with Gasteiger partial charge in [0.25, 0.3) is 0 Å². The maximum Gasteiger partial charge on any atom is 0.342 e. The van der Waals surface area contributed by atoms with Crippen LogP contribution in [0, 0.1) is 6.92 Å². The number of phenols is 1. The number of aromatic hydroxyl groups is 1. The summed E-state index contributed by atoms with van der Waals surface area (Å²) < 4.78 is 10.4. The number of hydrogen-bond acceptors (Lipinski definition) is 5. The average Bonchev–Trinajstić information content (AvgIpc) is 2.52. The first-order valence-corrected chi connectivity index (χ1v) is 6.89. The van der Waals surface area contributed by atoms with Gasteiger partial charge in [0.2, 0.25) is 0 Å². The van der Waals surface area contributed by atoms with Gasteiger partial charge in [0.05, 0.1) is 0 Å². The number of carbonyl (C=O) groups excluding carboxylic acids is 1. The first-order valence-electron chi connectivity index (χ1n) is 6.89. The second-order valence-electron chi connectivity index (χ2n) is 4.85. The molecule has 0 aliphatic rings. The summed E-state index contributed by atoms with van der Waals surface area (Å²) in [6, 6.07) is 13.5. The first kappa shape index (κ1) is 15.9. The molecule has 0 unspecified atom stereocenters. The van der Waals surface area contributed by atoms with E-state index in [1.807, 2.05) is 25.1 Å². The van der Waals surface area contributed by atoms with Crippen molar-refractivity contribution >= 4 is 5.97 Å². The third-order valence-electron chi connectivity index (χ3n) is 3.06. The fourth-order valence-corrected chi connectivity index (χ4v) is 1.85. The van der Waals surface area contributed by atoms with Crippen LogP contribution in [0.25, 0.3) is 0 Å². The van der Waals surface area contributed by atoms with E-state index in [4.69, 9.17) is 9.47 Å². The van der Waals surface area contributed by atoms with E-state index in [-0.39, 0.29) is 24.5 Å². The summed E-state index contributed by atoms with van der Waals surface area (Å²) in [5.41, 5.74) is 1.02. The number of aryl methyl sites for hydroxylation is 1. The van der Waals surface area contributed by atoms with Crippen molar-refractivity contribution in [1.82, 2.24) is 0 Å². The van der Waals surface area contributed by atoms with Gasteiger partial charge in [-0.2, -0.15) is 0 Å². The molecule has 0 bridgehead atoms. The predicted molar refractivity (Wildman–Crippen MR) is 81.1 cm³/mol. The van der Waals surface area contributed by atoms with Gasteiger partial charge in [-0.3, -0.25) is 0 Å². The van der Waals surface area contributed by atoms with Gasteiger partial charge >= 0.3 is 5.97 Å².